The molecule has 128 valence electrons. The number of phenols is 1. The Labute approximate surface area is 143 Å². The molecule has 4 heteroatoms. The van der Waals surface area contributed by atoms with Crippen molar-refractivity contribution >= 4 is 22.9 Å². The summed E-state index contributed by atoms with van der Waals surface area (Å²) in [5.41, 5.74) is 0.337. The number of carbonyl (C=O) groups is 1. The average molecular weight is 326 g/mol. The van der Waals surface area contributed by atoms with E-state index in [0.29, 0.717) is 5.56 Å². The first-order valence-electron chi connectivity index (χ1n) is 8.25. The number of nitrogens with one attached hydrogen (secondary N) is 1. The fourth-order valence-corrected chi connectivity index (χ4v) is 2.56. The van der Waals surface area contributed by atoms with Gasteiger partial charge in [0.25, 0.3) is 0 Å². The highest BCUT2D eigenvalue weighted by atomic mass is 16.3. The average Bonchev–Trinajstić information content (AvgIpc) is 2.47. The topological polar surface area (TPSA) is 61.7 Å². The van der Waals surface area contributed by atoms with E-state index in [1.165, 1.54) is 0 Å². The zero-order valence-corrected chi connectivity index (χ0v) is 15.0. The predicted octanol–water partition coefficient (Wildman–Crippen LogP) is 3.90. The Morgan fingerprint density at radius 1 is 1.17 bits per heavy atom. The molecule has 0 bridgehead atoms. The van der Waals surface area contributed by atoms with Gasteiger partial charge in [-0.15, -0.1) is 0 Å². The van der Waals surface area contributed by atoms with Crippen molar-refractivity contribution in [2.75, 3.05) is 0 Å². The van der Waals surface area contributed by atoms with Crippen molar-refractivity contribution in [3.05, 3.63) is 42.0 Å². The maximum Gasteiger partial charge on any atom is 0.245 e. The van der Waals surface area contributed by atoms with E-state index in [4.69, 9.17) is 0 Å². The number of nitrogens with zero attached hydrogens (tertiary/aromatic N) is 1. The lowest BCUT2D eigenvalue weighted by molar-refractivity contribution is -0.124. The summed E-state index contributed by atoms with van der Waals surface area (Å²) in [5.74, 6) is 0.116. The SMILES string of the molecule is CC(C)[C@H](N=Cc1c(O)ccc2ccccc12)C(=O)NC(C)(C)C. The molecule has 4 nitrogen and oxygen atoms in total. The third-order valence-corrected chi connectivity index (χ3v) is 3.71. The van der Waals surface area contributed by atoms with Crippen LogP contribution in [0.15, 0.2) is 41.4 Å². The molecule has 0 aliphatic heterocycles. The first kappa shape index (κ1) is 18.0. The molecule has 1 atom stereocenters. The standard InChI is InChI=1S/C20H26N2O2/c1-13(2)18(19(24)22-20(3,4)5)21-12-16-15-9-7-6-8-14(15)10-11-17(16)23/h6-13,18,23H,1-5H3,(H,22,24)/t18-/m0/s1. The van der Waals surface area contributed by atoms with Crippen molar-refractivity contribution in [3.8, 4) is 5.75 Å². The van der Waals surface area contributed by atoms with Gasteiger partial charge >= 0.3 is 0 Å². The van der Waals surface area contributed by atoms with Crippen LogP contribution in [0.4, 0.5) is 0 Å². The second-order valence-corrected chi connectivity index (χ2v) is 7.43. The van der Waals surface area contributed by atoms with E-state index in [9.17, 15) is 9.90 Å². The first-order valence-corrected chi connectivity index (χ1v) is 8.25. The highest BCUT2D eigenvalue weighted by Crippen LogP contribution is 2.25. The third kappa shape index (κ3) is 4.34. The molecule has 0 spiro atoms. The van der Waals surface area contributed by atoms with Crippen molar-refractivity contribution in [3.63, 3.8) is 0 Å². The number of amides is 1. The van der Waals surface area contributed by atoms with Crippen molar-refractivity contribution in [2.45, 2.75) is 46.2 Å². The Balaban J connectivity index is 2.37. The molecule has 0 aliphatic carbocycles. The van der Waals surface area contributed by atoms with Crippen LogP contribution in [0.3, 0.4) is 0 Å². The van der Waals surface area contributed by atoms with Gasteiger partial charge in [0.1, 0.15) is 11.8 Å². The van der Waals surface area contributed by atoms with Crippen LogP contribution in [0.25, 0.3) is 10.8 Å². The number of fused-ring (bicyclic) bond motifs is 1. The van der Waals surface area contributed by atoms with Crippen LogP contribution in [0.2, 0.25) is 0 Å². The van der Waals surface area contributed by atoms with Gasteiger partial charge in [-0.25, -0.2) is 0 Å². The third-order valence-electron chi connectivity index (χ3n) is 3.71. The molecule has 24 heavy (non-hydrogen) atoms. The Kier molecular flexibility index (Phi) is 5.27. The Morgan fingerprint density at radius 2 is 1.83 bits per heavy atom. The molecule has 2 N–H and O–H groups in total. The Hall–Kier alpha value is -2.36. The summed E-state index contributed by atoms with van der Waals surface area (Å²) < 4.78 is 0. The number of hydrogen-bond donors (Lipinski definition) is 2. The molecule has 0 saturated carbocycles. The second kappa shape index (κ2) is 7.04. The molecular weight excluding hydrogens is 300 g/mol. The molecule has 0 saturated heterocycles. The summed E-state index contributed by atoms with van der Waals surface area (Å²) in [6.07, 6.45) is 1.62. The van der Waals surface area contributed by atoms with Gasteiger partial charge in [-0.3, -0.25) is 9.79 Å². The highest BCUT2D eigenvalue weighted by Gasteiger charge is 2.24. The van der Waals surface area contributed by atoms with Crippen molar-refractivity contribution in [2.24, 2.45) is 10.9 Å². The van der Waals surface area contributed by atoms with Gasteiger partial charge in [-0.05, 0) is 43.5 Å². The van der Waals surface area contributed by atoms with E-state index in [0.717, 1.165) is 10.8 Å². The zero-order chi connectivity index (χ0) is 17.9. The monoisotopic (exact) mass is 326 g/mol. The minimum absolute atomic E-state index is 0.0562. The largest absolute Gasteiger partial charge is 0.507 e. The molecular formula is C20H26N2O2. The summed E-state index contributed by atoms with van der Waals surface area (Å²) in [6.45, 7) is 9.77. The van der Waals surface area contributed by atoms with Crippen LogP contribution in [0, 0.1) is 5.92 Å². The normalized spacial score (nSPS) is 13.6. The molecule has 2 aromatic rings. The first-order chi connectivity index (χ1) is 11.2. The van der Waals surface area contributed by atoms with Gasteiger partial charge in [-0.1, -0.05) is 44.2 Å². The fourth-order valence-electron chi connectivity index (χ4n) is 2.56. The highest BCUT2D eigenvalue weighted by molar-refractivity contribution is 6.03. The van der Waals surface area contributed by atoms with Crippen molar-refractivity contribution in [1.82, 2.24) is 5.32 Å². The maximum atomic E-state index is 12.5. The molecule has 2 aromatic carbocycles. The number of aromatic hydroxyl groups is 1. The van der Waals surface area contributed by atoms with Gasteiger partial charge in [0.2, 0.25) is 5.91 Å². The van der Waals surface area contributed by atoms with E-state index < -0.39 is 6.04 Å². The van der Waals surface area contributed by atoms with Gasteiger partial charge in [0.05, 0.1) is 0 Å². The zero-order valence-electron chi connectivity index (χ0n) is 15.0. The van der Waals surface area contributed by atoms with Crippen LogP contribution >= 0.6 is 0 Å². The van der Waals surface area contributed by atoms with Crippen molar-refractivity contribution in [1.29, 1.82) is 0 Å². The lowest BCUT2D eigenvalue weighted by Crippen LogP contribution is -2.46. The Bertz CT molecular complexity index is 758. The van der Waals surface area contributed by atoms with Gasteiger partial charge in [0.15, 0.2) is 0 Å². The molecule has 0 unspecified atom stereocenters. The number of carbonyl (C=O) groups excluding carboxylic acids is 1. The molecule has 0 heterocycles. The number of rotatable bonds is 4. The molecule has 0 fully saturated rings. The maximum absolute atomic E-state index is 12.5. The van der Waals surface area contributed by atoms with E-state index >= 15 is 0 Å². The van der Waals surface area contributed by atoms with E-state index in [-0.39, 0.29) is 23.1 Å². The van der Waals surface area contributed by atoms with Crippen molar-refractivity contribution < 1.29 is 9.90 Å². The fraction of sp³-hybridized carbons (Fsp3) is 0.400. The van der Waals surface area contributed by atoms with Gasteiger partial charge < -0.3 is 10.4 Å². The minimum Gasteiger partial charge on any atom is -0.507 e. The van der Waals surface area contributed by atoms with Gasteiger partial charge in [-0.2, -0.15) is 0 Å². The van der Waals surface area contributed by atoms with E-state index in [2.05, 4.69) is 10.3 Å². The van der Waals surface area contributed by atoms with Crippen LogP contribution in [0.5, 0.6) is 5.75 Å². The Morgan fingerprint density at radius 3 is 2.46 bits per heavy atom. The van der Waals surface area contributed by atoms with Crippen LogP contribution in [-0.2, 0) is 4.79 Å². The molecule has 1 amide bonds. The molecule has 0 aliphatic rings. The van der Waals surface area contributed by atoms with E-state index in [1.54, 1.807) is 12.3 Å². The predicted molar refractivity (Wildman–Crippen MR) is 99.7 cm³/mol. The summed E-state index contributed by atoms with van der Waals surface area (Å²) in [6, 6.07) is 10.8. The van der Waals surface area contributed by atoms with E-state index in [1.807, 2.05) is 65.0 Å². The smallest absolute Gasteiger partial charge is 0.245 e. The summed E-state index contributed by atoms with van der Waals surface area (Å²) in [4.78, 5) is 17.0. The quantitative estimate of drug-likeness (QED) is 0.837. The number of benzene rings is 2. The lowest BCUT2D eigenvalue weighted by atomic mass is 10.0. The summed E-state index contributed by atoms with van der Waals surface area (Å²) in [7, 11) is 0. The van der Waals surface area contributed by atoms with Gasteiger partial charge in [0, 0.05) is 17.3 Å². The number of phenolic OH excluding ortho intramolecular Hbond substituents is 1. The number of aliphatic imine (C=N–C) groups is 1. The lowest BCUT2D eigenvalue weighted by Gasteiger charge is -2.24. The number of hydrogen-bond acceptors (Lipinski definition) is 3. The van der Waals surface area contributed by atoms with Crippen LogP contribution in [0.1, 0.15) is 40.2 Å². The summed E-state index contributed by atoms with van der Waals surface area (Å²) >= 11 is 0. The second-order valence-electron chi connectivity index (χ2n) is 7.43. The minimum atomic E-state index is -0.498. The van der Waals surface area contributed by atoms with Crippen LogP contribution in [-0.4, -0.2) is 28.8 Å². The molecule has 0 aromatic heterocycles. The van der Waals surface area contributed by atoms with Crippen LogP contribution < -0.4 is 5.32 Å². The molecule has 0 radical (unpaired) electrons. The molecule has 2 rings (SSSR count). The summed E-state index contributed by atoms with van der Waals surface area (Å²) in [5, 5.41) is 15.1.